The van der Waals surface area contributed by atoms with Gasteiger partial charge in [0.05, 0.1) is 10.6 Å². The number of rotatable bonds is 3. The third kappa shape index (κ3) is 3.50. The van der Waals surface area contributed by atoms with Crippen LogP contribution in [0.25, 0.3) is 0 Å². The van der Waals surface area contributed by atoms with Gasteiger partial charge >= 0.3 is 0 Å². The molecule has 0 amide bonds. The van der Waals surface area contributed by atoms with Gasteiger partial charge < -0.3 is 10.2 Å². The normalized spacial score (nSPS) is 15.3. The maximum absolute atomic E-state index is 12.8. The number of halogens is 2. The number of aromatic nitrogens is 1. The van der Waals surface area contributed by atoms with Crippen molar-refractivity contribution in [3.05, 3.63) is 47.2 Å². The van der Waals surface area contributed by atoms with Crippen molar-refractivity contribution in [2.45, 2.75) is 11.8 Å². The first-order valence-corrected chi connectivity index (χ1v) is 8.96. The minimum atomic E-state index is -3.62. The molecule has 1 N–H and O–H groups in total. The summed E-state index contributed by atoms with van der Waals surface area (Å²) in [5.41, 5.74) is 1.49. The first-order valence-electron chi connectivity index (χ1n) is 7.14. The molecule has 126 valence electrons. The molecule has 1 aromatic heterocycles. The second-order valence-electron chi connectivity index (χ2n) is 5.30. The van der Waals surface area contributed by atoms with E-state index in [1.54, 1.807) is 37.5 Å². The predicted octanol–water partition coefficient (Wildman–Crippen LogP) is 2.52. The smallest absolute Gasteiger partial charge is 0.267 e. The summed E-state index contributed by atoms with van der Waals surface area (Å²) in [6, 6.07) is 6.77. The Kier molecular flexibility index (Phi) is 5.62. The van der Waals surface area contributed by atoms with Gasteiger partial charge in [-0.25, -0.2) is 12.4 Å². The van der Waals surface area contributed by atoms with E-state index in [2.05, 4.69) is 10.2 Å². The molecule has 0 radical (unpaired) electrons. The van der Waals surface area contributed by atoms with E-state index in [0.29, 0.717) is 10.6 Å². The summed E-state index contributed by atoms with van der Waals surface area (Å²) < 4.78 is 26.8. The maximum Gasteiger partial charge on any atom is 0.267 e. The van der Waals surface area contributed by atoms with Crippen molar-refractivity contribution in [3.8, 4) is 0 Å². The molecule has 2 heterocycles. The largest absolute Gasteiger partial charge is 0.368 e. The Balaban J connectivity index is 0.00000192. The van der Waals surface area contributed by atoms with Crippen molar-refractivity contribution < 1.29 is 8.42 Å². The fourth-order valence-corrected chi connectivity index (χ4v) is 4.28. The molecule has 1 aliphatic heterocycles. The molecule has 1 saturated heterocycles. The molecule has 0 atom stereocenters. The van der Waals surface area contributed by atoms with E-state index in [9.17, 15) is 8.42 Å². The van der Waals surface area contributed by atoms with Gasteiger partial charge in [-0.3, -0.25) is 0 Å². The summed E-state index contributed by atoms with van der Waals surface area (Å²) >= 11 is 6.05. The van der Waals surface area contributed by atoms with Gasteiger partial charge in [0, 0.05) is 43.6 Å². The van der Waals surface area contributed by atoms with E-state index >= 15 is 0 Å². The first-order chi connectivity index (χ1) is 10.5. The maximum atomic E-state index is 12.8. The number of piperazine rings is 1. The average Bonchev–Trinajstić information content (AvgIpc) is 3.01. The van der Waals surface area contributed by atoms with Gasteiger partial charge in [-0.15, -0.1) is 12.4 Å². The topological polar surface area (TPSA) is 54.3 Å². The lowest BCUT2D eigenvalue weighted by Crippen LogP contribution is -2.43. The molecule has 1 aliphatic rings. The van der Waals surface area contributed by atoms with E-state index in [4.69, 9.17) is 11.6 Å². The van der Waals surface area contributed by atoms with E-state index in [0.717, 1.165) is 31.9 Å². The molecule has 1 fully saturated rings. The van der Waals surface area contributed by atoms with Crippen LogP contribution in [0.4, 0.5) is 5.69 Å². The molecular weight excluding hydrogens is 357 g/mol. The zero-order valence-electron chi connectivity index (χ0n) is 12.7. The van der Waals surface area contributed by atoms with E-state index in [-0.39, 0.29) is 17.3 Å². The quantitative estimate of drug-likeness (QED) is 0.895. The minimum absolute atomic E-state index is 0. The van der Waals surface area contributed by atoms with Gasteiger partial charge in [-0.05, 0) is 30.7 Å². The molecule has 0 unspecified atom stereocenters. The Labute approximate surface area is 147 Å². The molecule has 0 saturated carbocycles. The van der Waals surface area contributed by atoms with Gasteiger partial charge in [0.2, 0.25) is 0 Å². The van der Waals surface area contributed by atoms with Crippen LogP contribution in [-0.2, 0) is 10.0 Å². The van der Waals surface area contributed by atoms with Crippen molar-refractivity contribution in [2.75, 3.05) is 31.1 Å². The summed E-state index contributed by atoms with van der Waals surface area (Å²) in [4.78, 5) is 2.41. The van der Waals surface area contributed by atoms with Crippen molar-refractivity contribution in [2.24, 2.45) is 0 Å². The molecule has 8 heteroatoms. The van der Waals surface area contributed by atoms with Crippen molar-refractivity contribution in [1.82, 2.24) is 9.29 Å². The molecule has 0 bridgehead atoms. The second-order valence-corrected chi connectivity index (χ2v) is 7.52. The second kappa shape index (κ2) is 7.13. The van der Waals surface area contributed by atoms with Crippen molar-refractivity contribution >= 4 is 39.7 Å². The fourth-order valence-electron chi connectivity index (χ4n) is 2.61. The molecule has 5 nitrogen and oxygen atoms in total. The molecule has 0 spiro atoms. The number of anilines is 1. The Morgan fingerprint density at radius 1 is 1.17 bits per heavy atom. The van der Waals surface area contributed by atoms with Crippen LogP contribution in [0.3, 0.4) is 0 Å². The minimum Gasteiger partial charge on any atom is -0.368 e. The first kappa shape index (κ1) is 18.1. The number of nitrogens with one attached hydrogen (secondary N) is 1. The standard InChI is InChI=1S/C15H18ClN3O2S.ClH/c1-12-14(16)3-2-4-15(12)22(20,21)19-8-5-13(11-19)18-9-6-17-7-10-18;/h2-5,8,11,17H,6-7,9-10H2,1H3;1H. The van der Waals surface area contributed by atoms with Crippen LogP contribution < -0.4 is 10.2 Å². The van der Waals surface area contributed by atoms with Gasteiger partial charge in [-0.1, -0.05) is 17.7 Å². The summed E-state index contributed by atoms with van der Waals surface area (Å²) in [7, 11) is -3.62. The Bertz CT molecular complexity index is 784. The van der Waals surface area contributed by atoms with Gasteiger partial charge in [-0.2, -0.15) is 0 Å². The summed E-state index contributed by atoms with van der Waals surface area (Å²) in [6.07, 6.45) is 3.26. The monoisotopic (exact) mass is 375 g/mol. The third-order valence-electron chi connectivity index (χ3n) is 3.91. The Hall–Kier alpha value is -1.21. The zero-order valence-corrected chi connectivity index (χ0v) is 15.1. The lowest BCUT2D eigenvalue weighted by atomic mass is 10.2. The predicted molar refractivity (Wildman–Crippen MR) is 95.5 cm³/mol. The lowest BCUT2D eigenvalue weighted by Gasteiger charge is -2.28. The summed E-state index contributed by atoms with van der Waals surface area (Å²) in [5.74, 6) is 0. The third-order valence-corrected chi connectivity index (χ3v) is 6.10. The molecule has 3 rings (SSSR count). The number of benzene rings is 1. The van der Waals surface area contributed by atoms with Crippen LogP contribution in [0.1, 0.15) is 5.56 Å². The van der Waals surface area contributed by atoms with E-state index in [1.807, 2.05) is 6.07 Å². The SMILES string of the molecule is Cc1c(Cl)cccc1S(=O)(=O)n1ccc(N2CCNCC2)c1.Cl. The number of hydrogen-bond acceptors (Lipinski definition) is 4. The molecular formula is C15H19Cl2N3O2S. The summed E-state index contributed by atoms with van der Waals surface area (Å²) in [5, 5.41) is 3.73. The molecule has 2 aromatic rings. The van der Waals surface area contributed by atoms with Crippen molar-refractivity contribution in [3.63, 3.8) is 0 Å². The highest BCUT2D eigenvalue weighted by atomic mass is 35.5. The Morgan fingerprint density at radius 3 is 2.57 bits per heavy atom. The highest BCUT2D eigenvalue weighted by Gasteiger charge is 2.21. The van der Waals surface area contributed by atoms with Crippen LogP contribution in [0.5, 0.6) is 0 Å². The number of hydrogen-bond donors (Lipinski definition) is 1. The highest BCUT2D eigenvalue weighted by molar-refractivity contribution is 7.90. The number of nitrogens with zero attached hydrogens (tertiary/aromatic N) is 2. The van der Waals surface area contributed by atoms with E-state index in [1.165, 1.54) is 3.97 Å². The zero-order chi connectivity index (χ0) is 15.7. The molecule has 0 aliphatic carbocycles. The summed E-state index contributed by atoms with van der Waals surface area (Å²) in [6.45, 7) is 5.28. The fraction of sp³-hybridized carbons (Fsp3) is 0.333. The molecule has 1 aromatic carbocycles. The van der Waals surface area contributed by atoms with Crippen LogP contribution in [-0.4, -0.2) is 38.6 Å². The lowest BCUT2D eigenvalue weighted by molar-refractivity contribution is 0.584. The van der Waals surface area contributed by atoms with Crippen LogP contribution in [0, 0.1) is 6.92 Å². The van der Waals surface area contributed by atoms with Gasteiger partial charge in [0.15, 0.2) is 0 Å². The highest BCUT2D eigenvalue weighted by Crippen LogP contribution is 2.26. The molecule has 23 heavy (non-hydrogen) atoms. The average molecular weight is 376 g/mol. The van der Waals surface area contributed by atoms with Crippen LogP contribution in [0.15, 0.2) is 41.6 Å². The van der Waals surface area contributed by atoms with Gasteiger partial charge in [0.25, 0.3) is 10.0 Å². The van der Waals surface area contributed by atoms with Crippen molar-refractivity contribution in [1.29, 1.82) is 0 Å². The van der Waals surface area contributed by atoms with E-state index < -0.39 is 10.0 Å². The van der Waals surface area contributed by atoms with Gasteiger partial charge in [0.1, 0.15) is 0 Å². The van der Waals surface area contributed by atoms with Crippen LogP contribution in [0.2, 0.25) is 5.02 Å². The van der Waals surface area contributed by atoms with Crippen LogP contribution >= 0.6 is 24.0 Å². The Morgan fingerprint density at radius 2 is 1.87 bits per heavy atom.